The maximum Gasteiger partial charge on any atom is 0.344 e. The van der Waals surface area contributed by atoms with Crippen molar-refractivity contribution < 1.29 is 23.8 Å². The summed E-state index contributed by atoms with van der Waals surface area (Å²) in [4.78, 5) is 24.2. The topological polar surface area (TPSA) is 73.9 Å². The van der Waals surface area contributed by atoms with Gasteiger partial charge in [0.1, 0.15) is 0 Å². The number of amides is 1. The number of benzene rings is 3. The molecule has 6 heteroatoms. The molecule has 1 unspecified atom stereocenters. The van der Waals surface area contributed by atoms with E-state index in [1.165, 1.54) is 0 Å². The van der Waals surface area contributed by atoms with Crippen molar-refractivity contribution in [3.05, 3.63) is 72.3 Å². The molecule has 0 fully saturated rings. The number of carbonyl (C=O) groups is 2. The third kappa shape index (κ3) is 5.50. The second-order valence-corrected chi connectivity index (χ2v) is 6.69. The van der Waals surface area contributed by atoms with Gasteiger partial charge in [-0.2, -0.15) is 0 Å². The normalized spacial score (nSPS) is 11.5. The number of para-hydroxylation sites is 2. The minimum Gasteiger partial charge on any atom is -0.490 e. The van der Waals surface area contributed by atoms with Gasteiger partial charge in [0.15, 0.2) is 24.7 Å². The number of hydrogen-bond acceptors (Lipinski definition) is 5. The number of rotatable bonds is 9. The fraction of sp³-hybridized carbons (Fsp3) is 0.250. The molecule has 156 valence electrons. The quantitative estimate of drug-likeness (QED) is 0.542. The summed E-state index contributed by atoms with van der Waals surface area (Å²) in [5.74, 6) is -0.00690. The Morgan fingerprint density at radius 2 is 1.53 bits per heavy atom. The van der Waals surface area contributed by atoms with Crippen LogP contribution in [0, 0.1) is 0 Å². The molecule has 0 bridgehead atoms. The molecule has 0 spiro atoms. The highest BCUT2D eigenvalue weighted by atomic mass is 16.6. The molecule has 30 heavy (non-hydrogen) atoms. The Balaban J connectivity index is 1.49. The highest BCUT2D eigenvalue weighted by Gasteiger charge is 2.14. The number of nitrogens with one attached hydrogen (secondary N) is 1. The zero-order chi connectivity index (χ0) is 21.3. The highest BCUT2D eigenvalue weighted by molar-refractivity contribution is 5.87. The van der Waals surface area contributed by atoms with Gasteiger partial charge >= 0.3 is 5.97 Å². The van der Waals surface area contributed by atoms with Crippen molar-refractivity contribution >= 4 is 22.6 Å². The number of hydrogen-bond donors (Lipinski definition) is 1. The molecule has 0 radical (unpaired) electrons. The van der Waals surface area contributed by atoms with Crippen LogP contribution in [-0.2, 0) is 14.3 Å². The zero-order valence-electron chi connectivity index (χ0n) is 17.1. The van der Waals surface area contributed by atoms with Gasteiger partial charge in [-0.25, -0.2) is 4.79 Å². The Labute approximate surface area is 175 Å². The standard InChI is InChI=1S/C24H25NO5/c1-3-28-21-13-6-7-14-22(21)29-16-24(27)30-15-23(26)25-17(2)19-12-8-10-18-9-4-5-11-20(18)19/h4-14,17H,3,15-16H2,1-2H3,(H,25,26). The molecule has 0 aliphatic heterocycles. The lowest BCUT2D eigenvalue weighted by Gasteiger charge is -2.17. The summed E-state index contributed by atoms with van der Waals surface area (Å²) in [6.07, 6.45) is 0. The molecule has 1 amide bonds. The predicted molar refractivity (Wildman–Crippen MR) is 115 cm³/mol. The molecule has 0 aliphatic rings. The Morgan fingerprint density at radius 1 is 0.867 bits per heavy atom. The molecule has 1 atom stereocenters. The van der Waals surface area contributed by atoms with Gasteiger partial charge in [-0.15, -0.1) is 0 Å². The van der Waals surface area contributed by atoms with E-state index >= 15 is 0 Å². The van der Waals surface area contributed by atoms with E-state index in [4.69, 9.17) is 14.2 Å². The molecular formula is C24H25NO5. The molecule has 0 saturated heterocycles. The average Bonchev–Trinajstić information content (AvgIpc) is 2.77. The van der Waals surface area contributed by atoms with Gasteiger partial charge in [-0.3, -0.25) is 4.79 Å². The molecule has 0 aromatic heterocycles. The van der Waals surface area contributed by atoms with Crippen molar-refractivity contribution in [1.29, 1.82) is 0 Å². The SMILES string of the molecule is CCOc1ccccc1OCC(=O)OCC(=O)NC(C)c1cccc2ccccc12. The van der Waals surface area contributed by atoms with E-state index in [1.54, 1.807) is 18.2 Å². The summed E-state index contributed by atoms with van der Waals surface area (Å²) in [5.41, 5.74) is 1.00. The van der Waals surface area contributed by atoms with Crippen LogP contribution in [0.5, 0.6) is 11.5 Å². The van der Waals surface area contributed by atoms with E-state index in [2.05, 4.69) is 5.32 Å². The fourth-order valence-corrected chi connectivity index (χ4v) is 3.16. The minimum atomic E-state index is -0.630. The minimum absolute atomic E-state index is 0.225. The van der Waals surface area contributed by atoms with Crippen LogP contribution in [0.4, 0.5) is 0 Å². The molecule has 6 nitrogen and oxygen atoms in total. The summed E-state index contributed by atoms with van der Waals surface area (Å²) < 4.78 is 15.9. The second-order valence-electron chi connectivity index (χ2n) is 6.69. The largest absolute Gasteiger partial charge is 0.490 e. The number of esters is 1. The van der Waals surface area contributed by atoms with Crippen molar-refractivity contribution in [1.82, 2.24) is 5.32 Å². The highest BCUT2D eigenvalue weighted by Crippen LogP contribution is 2.26. The van der Waals surface area contributed by atoms with E-state index < -0.39 is 5.97 Å². The number of carbonyl (C=O) groups excluding carboxylic acids is 2. The van der Waals surface area contributed by atoms with Gasteiger partial charge in [0.05, 0.1) is 12.6 Å². The smallest absolute Gasteiger partial charge is 0.344 e. The summed E-state index contributed by atoms with van der Waals surface area (Å²) in [6, 6.07) is 20.8. The van der Waals surface area contributed by atoms with Crippen LogP contribution < -0.4 is 14.8 Å². The van der Waals surface area contributed by atoms with Crippen LogP contribution >= 0.6 is 0 Å². The van der Waals surface area contributed by atoms with E-state index in [0.29, 0.717) is 18.1 Å². The molecule has 3 rings (SSSR count). The molecule has 0 heterocycles. The lowest BCUT2D eigenvalue weighted by Crippen LogP contribution is -2.32. The van der Waals surface area contributed by atoms with Gasteiger partial charge < -0.3 is 19.5 Å². The molecule has 0 saturated carbocycles. The first kappa shape index (κ1) is 21.2. The van der Waals surface area contributed by atoms with Crippen LogP contribution in [0.1, 0.15) is 25.5 Å². The van der Waals surface area contributed by atoms with Gasteiger partial charge in [0.2, 0.25) is 0 Å². The molecule has 3 aromatic rings. The molecular weight excluding hydrogens is 382 g/mol. The molecule has 3 aromatic carbocycles. The maximum absolute atomic E-state index is 12.2. The summed E-state index contributed by atoms with van der Waals surface area (Å²) in [7, 11) is 0. The fourth-order valence-electron chi connectivity index (χ4n) is 3.16. The Hall–Kier alpha value is -3.54. The van der Waals surface area contributed by atoms with Crippen LogP contribution in [0.15, 0.2) is 66.7 Å². The summed E-state index contributed by atoms with van der Waals surface area (Å²) in [6.45, 7) is 3.57. The molecule has 0 aliphatic carbocycles. The van der Waals surface area contributed by atoms with Gasteiger partial charge in [0.25, 0.3) is 5.91 Å². The lowest BCUT2D eigenvalue weighted by molar-refractivity contribution is -0.150. The lowest BCUT2D eigenvalue weighted by atomic mass is 10.00. The van der Waals surface area contributed by atoms with E-state index in [-0.39, 0.29) is 25.2 Å². The first-order chi connectivity index (χ1) is 14.6. The monoisotopic (exact) mass is 407 g/mol. The van der Waals surface area contributed by atoms with Gasteiger partial charge in [-0.05, 0) is 42.3 Å². The summed E-state index contributed by atoms with van der Waals surface area (Å²) in [5, 5.41) is 5.05. The Bertz CT molecular complexity index is 1010. The van der Waals surface area contributed by atoms with Crippen molar-refractivity contribution in [2.45, 2.75) is 19.9 Å². The summed E-state index contributed by atoms with van der Waals surface area (Å²) >= 11 is 0. The van der Waals surface area contributed by atoms with Crippen molar-refractivity contribution in [2.75, 3.05) is 19.8 Å². The van der Waals surface area contributed by atoms with E-state index in [1.807, 2.05) is 62.4 Å². The first-order valence-electron chi connectivity index (χ1n) is 9.85. The predicted octanol–water partition coefficient (Wildman–Crippen LogP) is 4.04. The van der Waals surface area contributed by atoms with Crippen LogP contribution in [0.25, 0.3) is 10.8 Å². The van der Waals surface area contributed by atoms with Crippen LogP contribution in [0.3, 0.4) is 0 Å². The Kier molecular flexibility index (Phi) is 7.27. The zero-order valence-corrected chi connectivity index (χ0v) is 17.1. The maximum atomic E-state index is 12.2. The van der Waals surface area contributed by atoms with Crippen LogP contribution in [-0.4, -0.2) is 31.7 Å². The molecule has 1 N–H and O–H groups in total. The van der Waals surface area contributed by atoms with Crippen molar-refractivity contribution in [3.8, 4) is 11.5 Å². The van der Waals surface area contributed by atoms with Gasteiger partial charge in [0, 0.05) is 0 Å². The van der Waals surface area contributed by atoms with Crippen LogP contribution in [0.2, 0.25) is 0 Å². The van der Waals surface area contributed by atoms with Crippen molar-refractivity contribution in [2.24, 2.45) is 0 Å². The van der Waals surface area contributed by atoms with E-state index in [0.717, 1.165) is 16.3 Å². The van der Waals surface area contributed by atoms with Gasteiger partial charge in [-0.1, -0.05) is 54.6 Å². The number of fused-ring (bicyclic) bond motifs is 1. The second kappa shape index (κ2) is 10.3. The first-order valence-corrected chi connectivity index (χ1v) is 9.85. The number of ether oxygens (including phenoxy) is 3. The van der Waals surface area contributed by atoms with E-state index in [9.17, 15) is 9.59 Å². The Morgan fingerprint density at radius 3 is 2.30 bits per heavy atom. The third-order valence-corrected chi connectivity index (χ3v) is 4.53. The van der Waals surface area contributed by atoms with Crippen molar-refractivity contribution in [3.63, 3.8) is 0 Å². The average molecular weight is 407 g/mol. The third-order valence-electron chi connectivity index (χ3n) is 4.53.